The minimum absolute atomic E-state index is 0.00538. The van der Waals surface area contributed by atoms with Crippen LogP contribution in [0.5, 0.6) is 0 Å². The predicted octanol–water partition coefficient (Wildman–Crippen LogP) is 6.13. The van der Waals surface area contributed by atoms with Gasteiger partial charge in [-0.1, -0.05) is 41.4 Å². The Balaban J connectivity index is 1.58. The van der Waals surface area contributed by atoms with Gasteiger partial charge in [0.25, 0.3) is 0 Å². The maximum Gasteiger partial charge on any atom is 0.200 e. The third-order valence-corrected chi connectivity index (χ3v) is 5.21. The highest BCUT2D eigenvalue weighted by Gasteiger charge is 2.34. The van der Waals surface area contributed by atoms with Gasteiger partial charge in [-0.15, -0.1) is 0 Å². The molecule has 2 atom stereocenters. The molecule has 1 aliphatic rings. The van der Waals surface area contributed by atoms with Gasteiger partial charge in [0.2, 0.25) is 5.82 Å². The topological polar surface area (TPSA) is 12.0 Å². The van der Waals surface area contributed by atoms with Gasteiger partial charge in [-0.3, -0.25) is 0 Å². The van der Waals surface area contributed by atoms with E-state index in [9.17, 15) is 22.0 Å². The van der Waals surface area contributed by atoms with Crippen LogP contribution >= 0.6 is 23.2 Å². The summed E-state index contributed by atoms with van der Waals surface area (Å²) < 4.78 is 66.7. The fourth-order valence-corrected chi connectivity index (χ4v) is 3.34. The first-order valence-corrected chi connectivity index (χ1v) is 8.90. The Morgan fingerprint density at radius 1 is 0.926 bits per heavy atom. The Hall–Kier alpha value is -1.63. The minimum Gasteiger partial charge on any atom is -0.312 e. The lowest BCUT2D eigenvalue weighted by Gasteiger charge is -2.08. The van der Waals surface area contributed by atoms with Crippen molar-refractivity contribution in [3.8, 4) is 0 Å². The first-order valence-electron chi connectivity index (χ1n) is 8.14. The van der Waals surface area contributed by atoms with Gasteiger partial charge in [0.05, 0.1) is 5.56 Å². The van der Waals surface area contributed by atoms with Gasteiger partial charge in [0.15, 0.2) is 23.3 Å². The van der Waals surface area contributed by atoms with E-state index < -0.39 is 34.6 Å². The minimum atomic E-state index is -2.16. The van der Waals surface area contributed by atoms with E-state index in [1.807, 2.05) is 0 Å². The fourth-order valence-electron chi connectivity index (χ4n) is 2.81. The summed E-state index contributed by atoms with van der Waals surface area (Å²) >= 11 is 12.2. The second-order valence-corrected chi connectivity index (χ2v) is 7.15. The zero-order chi connectivity index (χ0) is 19.7. The van der Waals surface area contributed by atoms with Gasteiger partial charge in [-0.2, -0.15) is 0 Å². The predicted molar refractivity (Wildman–Crippen MR) is 95.0 cm³/mol. The summed E-state index contributed by atoms with van der Waals surface area (Å²) in [6, 6.07) is 5.21. The number of allylic oxidation sites excluding steroid dienone is 1. The van der Waals surface area contributed by atoms with Crippen molar-refractivity contribution in [2.24, 2.45) is 11.8 Å². The molecule has 0 heterocycles. The van der Waals surface area contributed by atoms with Gasteiger partial charge in [0, 0.05) is 22.2 Å². The first-order chi connectivity index (χ1) is 12.8. The van der Waals surface area contributed by atoms with Crippen molar-refractivity contribution in [2.45, 2.75) is 13.0 Å². The number of halogens is 7. The van der Waals surface area contributed by atoms with Crippen LogP contribution < -0.4 is 5.32 Å². The molecule has 1 aliphatic carbocycles. The van der Waals surface area contributed by atoms with E-state index in [1.54, 1.807) is 18.2 Å². The summed E-state index contributed by atoms with van der Waals surface area (Å²) in [7, 11) is 0. The number of rotatable bonds is 6. The molecule has 0 radical (unpaired) electrons. The lowest BCUT2D eigenvalue weighted by molar-refractivity contribution is 0.377. The number of hydrogen-bond acceptors (Lipinski definition) is 1. The molecule has 1 nitrogen and oxygen atoms in total. The third kappa shape index (κ3) is 4.28. The van der Waals surface area contributed by atoms with Crippen molar-refractivity contribution >= 4 is 29.3 Å². The highest BCUT2D eigenvalue weighted by atomic mass is 35.5. The average Bonchev–Trinajstić information content (AvgIpc) is 3.39. The van der Waals surface area contributed by atoms with Crippen molar-refractivity contribution in [2.75, 3.05) is 6.54 Å². The maximum atomic E-state index is 13.6. The van der Waals surface area contributed by atoms with Crippen molar-refractivity contribution in [3.05, 3.63) is 74.5 Å². The zero-order valence-electron chi connectivity index (χ0n) is 13.8. The van der Waals surface area contributed by atoms with Crippen LogP contribution in [0.25, 0.3) is 6.08 Å². The van der Waals surface area contributed by atoms with E-state index in [0.29, 0.717) is 23.1 Å². The van der Waals surface area contributed by atoms with Crippen LogP contribution in [0.4, 0.5) is 22.0 Å². The smallest absolute Gasteiger partial charge is 0.200 e. The second kappa shape index (κ2) is 8.17. The summed E-state index contributed by atoms with van der Waals surface area (Å²) in [5, 5.41) is 4.30. The van der Waals surface area contributed by atoms with Crippen LogP contribution in [0.3, 0.4) is 0 Å². The molecule has 3 rings (SSSR count). The zero-order valence-corrected chi connectivity index (χ0v) is 15.3. The molecular weight excluding hydrogens is 408 g/mol. The van der Waals surface area contributed by atoms with E-state index in [-0.39, 0.29) is 11.8 Å². The van der Waals surface area contributed by atoms with Crippen molar-refractivity contribution in [1.29, 1.82) is 0 Å². The molecule has 1 saturated carbocycles. The molecule has 0 aromatic heterocycles. The SMILES string of the molecule is Fc1c(F)c(F)c(/C=C/[C@H]2C[C@H]2CNCc2c(Cl)cccc2Cl)c(F)c1F. The standard InChI is InChI=1S/C19H14Cl2F5N/c20-13-2-1-3-14(21)12(13)8-27-7-10-6-9(10)4-5-11-15(22)17(24)19(26)18(25)16(11)23/h1-5,9-10,27H,6-8H2/b5-4+/t9-,10-/m0/s1. The average molecular weight is 422 g/mol. The number of benzene rings is 2. The number of nitrogens with one attached hydrogen (secondary N) is 1. The summed E-state index contributed by atoms with van der Waals surface area (Å²) in [6.07, 6.45) is 3.16. The Labute approximate surface area is 162 Å². The summed E-state index contributed by atoms with van der Waals surface area (Å²) in [5.41, 5.74) is -0.150. The molecule has 0 bridgehead atoms. The molecule has 1 N–H and O–H groups in total. The molecule has 27 heavy (non-hydrogen) atoms. The molecule has 0 spiro atoms. The van der Waals surface area contributed by atoms with Crippen molar-refractivity contribution in [3.63, 3.8) is 0 Å². The molecule has 0 aliphatic heterocycles. The molecule has 0 unspecified atom stereocenters. The molecule has 0 saturated heterocycles. The summed E-state index contributed by atoms with van der Waals surface area (Å²) in [6.45, 7) is 1.07. The van der Waals surface area contributed by atoms with Crippen LogP contribution in [0.2, 0.25) is 10.0 Å². The Kier molecular flexibility index (Phi) is 6.08. The van der Waals surface area contributed by atoms with Gasteiger partial charge in [-0.25, -0.2) is 22.0 Å². The van der Waals surface area contributed by atoms with Crippen LogP contribution in [-0.2, 0) is 6.54 Å². The van der Waals surface area contributed by atoms with Crippen molar-refractivity contribution < 1.29 is 22.0 Å². The molecule has 8 heteroatoms. The third-order valence-electron chi connectivity index (χ3n) is 4.50. The first kappa shape index (κ1) is 20.1. The molecule has 144 valence electrons. The van der Waals surface area contributed by atoms with E-state index in [2.05, 4.69) is 5.32 Å². The van der Waals surface area contributed by atoms with Crippen molar-refractivity contribution in [1.82, 2.24) is 5.32 Å². The van der Waals surface area contributed by atoms with E-state index in [1.165, 1.54) is 6.08 Å². The van der Waals surface area contributed by atoms with Gasteiger partial charge in [-0.05, 0) is 36.9 Å². The van der Waals surface area contributed by atoms with Gasteiger partial charge in [0.1, 0.15) is 0 Å². The van der Waals surface area contributed by atoms with E-state index >= 15 is 0 Å². The highest BCUT2D eigenvalue weighted by Crippen LogP contribution is 2.40. The van der Waals surface area contributed by atoms with E-state index in [0.717, 1.165) is 18.1 Å². The molecular formula is C19H14Cl2F5N. The fraction of sp³-hybridized carbons (Fsp3) is 0.263. The number of hydrogen-bond donors (Lipinski definition) is 1. The second-order valence-electron chi connectivity index (χ2n) is 6.33. The highest BCUT2D eigenvalue weighted by molar-refractivity contribution is 6.35. The summed E-state index contributed by atoms with van der Waals surface area (Å²) in [5.74, 6) is -9.51. The normalized spacial score (nSPS) is 19.1. The van der Waals surface area contributed by atoms with Crippen LogP contribution in [0, 0.1) is 40.9 Å². The van der Waals surface area contributed by atoms with Crippen LogP contribution in [-0.4, -0.2) is 6.54 Å². The van der Waals surface area contributed by atoms with Crippen LogP contribution in [0.15, 0.2) is 24.3 Å². The quantitative estimate of drug-likeness (QED) is 0.336. The Morgan fingerprint density at radius 2 is 1.48 bits per heavy atom. The molecule has 1 fully saturated rings. The van der Waals surface area contributed by atoms with Crippen LogP contribution in [0.1, 0.15) is 17.5 Å². The Bertz CT molecular complexity index is 851. The monoisotopic (exact) mass is 421 g/mol. The molecule has 2 aromatic carbocycles. The van der Waals surface area contributed by atoms with Gasteiger partial charge < -0.3 is 5.32 Å². The largest absolute Gasteiger partial charge is 0.312 e. The van der Waals surface area contributed by atoms with E-state index in [4.69, 9.17) is 23.2 Å². The maximum absolute atomic E-state index is 13.6. The van der Waals surface area contributed by atoms with Gasteiger partial charge >= 0.3 is 0 Å². The lowest BCUT2D eigenvalue weighted by Crippen LogP contribution is -2.17. The lowest BCUT2D eigenvalue weighted by atomic mass is 10.1. The Morgan fingerprint density at radius 3 is 2.07 bits per heavy atom. The summed E-state index contributed by atoms with van der Waals surface area (Å²) in [4.78, 5) is 0. The molecule has 2 aromatic rings. The molecule has 0 amide bonds.